The number of carbonyl (C=O) groups is 2. The van der Waals surface area contributed by atoms with Crippen LogP contribution in [0.5, 0.6) is 0 Å². The van der Waals surface area contributed by atoms with E-state index >= 15 is 0 Å². The second-order valence-electron chi connectivity index (χ2n) is 5.25. The number of amides is 2. The van der Waals surface area contributed by atoms with Gasteiger partial charge in [0.2, 0.25) is 11.8 Å². The predicted molar refractivity (Wildman–Crippen MR) is 76.6 cm³/mol. The Balaban J connectivity index is 2.28. The van der Waals surface area contributed by atoms with Crippen molar-refractivity contribution in [2.24, 2.45) is 5.92 Å². The Kier molecular flexibility index (Phi) is 6.78. The van der Waals surface area contributed by atoms with Gasteiger partial charge in [0.05, 0.1) is 6.07 Å². The van der Waals surface area contributed by atoms with E-state index < -0.39 is 0 Å². The summed E-state index contributed by atoms with van der Waals surface area (Å²) in [6.07, 6.45) is 4.25. The van der Waals surface area contributed by atoms with Crippen molar-refractivity contribution in [2.45, 2.75) is 39.5 Å². The van der Waals surface area contributed by atoms with Gasteiger partial charge in [-0.2, -0.15) is 5.26 Å². The summed E-state index contributed by atoms with van der Waals surface area (Å²) in [5, 5.41) is 11.4. The van der Waals surface area contributed by atoms with E-state index in [1.165, 1.54) is 0 Å². The average molecular weight is 277 g/mol. The molecule has 1 N–H and O–H groups in total. The molecule has 1 fully saturated rings. The number of hydrogen-bond donors (Lipinski definition) is 1. The zero-order valence-corrected chi connectivity index (χ0v) is 12.3. The van der Waals surface area contributed by atoms with Gasteiger partial charge in [-0.1, -0.05) is 12.5 Å². The number of hydrogen-bond acceptors (Lipinski definition) is 3. The third-order valence-corrected chi connectivity index (χ3v) is 3.70. The standard InChI is InChI=1S/C15H23N3O2/c1-3-12(2)10-14(19)17-11-13-5-8-18(9-6-13)15(20)4-7-16/h10,13H,3-6,8-9,11H2,1-2H3,(H,17,19)/b12-10+. The van der Waals surface area contributed by atoms with E-state index in [0.717, 1.165) is 24.8 Å². The molecule has 0 saturated carbocycles. The zero-order valence-electron chi connectivity index (χ0n) is 12.3. The minimum atomic E-state index is -0.0866. The van der Waals surface area contributed by atoms with Crippen LogP contribution in [0.15, 0.2) is 11.6 Å². The molecule has 2 amide bonds. The number of nitrogens with one attached hydrogen (secondary N) is 1. The van der Waals surface area contributed by atoms with E-state index in [-0.39, 0.29) is 18.2 Å². The molecular weight excluding hydrogens is 254 g/mol. The van der Waals surface area contributed by atoms with E-state index in [2.05, 4.69) is 5.32 Å². The molecule has 110 valence electrons. The average Bonchev–Trinajstić information content (AvgIpc) is 2.45. The Morgan fingerprint density at radius 1 is 1.40 bits per heavy atom. The number of allylic oxidation sites excluding steroid dienone is 1. The lowest BCUT2D eigenvalue weighted by Gasteiger charge is -2.31. The lowest BCUT2D eigenvalue weighted by atomic mass is 9.96. The van der Waals surface area contributed by atoms with Gasteiger partial charge in [-0.05, 0) is 32.1 Å². The van der Waals surface area contributed by atoms with Gasteiger partial charge < -0.3 is 10.2 Å². The molecule has 0 aromatic heterocycles. The number of nitrogens with zero attached hydrogens (tertiary/aromatic N) is 2. The summed E-state index contributed by atoms with van der Waals surface area (Å²) in [4.78, 5) is 24.9. The van der Waals surface area contributed by atoms with Gasteiger partial charge in [0, 0.05) is 25.7 Å². The molecular formula is C15H23N3O2. The van der Waals surface area contributed by atoms with Crippen molar-refractivity contribution in [1.29, 1.82) is 5.26 Å². The minimum absolute atomic E-state index is 0.0349. The normalized spacial score (nSPS) is 16.6. The van der Waals surface area contributed by atoms with Gasteiger partial charge in [0.25, 0.3) is 0 Å². The predicted octanol–water partition coefficient (Wildman–Crippen LogP) is 1.61. The van der Waals surface area contributed by atoms with Gasteiger partial charge in [-0.15, -0.1) is 0 Å². The van der Waals surface area contributed by atoms with Gasteiger partial charge in [0.15, 0.2) is 0 Å². The van der Waals surface area contributed by atoms with Crippen LogP contribution in [0.25, 0.3) is 0 Å². The molecule has 20 heavy (non-hydrogen) atoms. The van der Waals surface area contributed by atoms with Crippen LogP contribution >= 0.6 is 0 Å². The molecule has 5 heteroatoms. The summed E-state index contributed by atoms with van der Waals surface area (Å²) < 4.78 is 0. The highest BCUT2D eigenvalue weighted by molar-refractivity contribution is 5.88. The fourth-order valence-electron chi connectivity index (χ4n) is 2.19. The Labute approximate surface area is 120 Å². The topological polar surface area (TPSA) is 73.2 Å². The third kappa shape index (κ3) is 5.43. The lowest BCUT2D eigenvalue weighted by Crippen LogP contribution is -2.41. The summed E-state index contributed by atoms with van der Waals surface area (Å²) in [7, 11) is 0. The zero-order chi connectivity index (χ0) is 15.0. The molecule has 1 aliphatic heterocycles. The van der Waals surface area contributed by atoms with Gasteiger partial charge in [-0.3, -0.25) is 9.59 Å². The molecule has 0 aromatic rings. The number of rotatable bonds is 5. The first kappa shape index (κ1) is 16.2. The molecule has 0 atom stereocenters. The van der Waals surface area contributed by atoms with E-state index in [9.17, 15) is 9.59 Å². The van der Waals surface area contributed by atoms with E-state index in [0.29, 0.717) is 25.6 Å². The molecule has 0 radical (unpaired) electrons. The van der Waals surface area contributed by atoms with Crippen molar-refractivity contribution in [1.82, 2.24) is 10.2 Å². The van der Waals surface area contributed by atoms with E-state index in [1.807, 2.05) is 19.9 Å². The highest BCUT2D eigenvalue weighted by Gasteiger charge is 2.22. The second kappa shape index (κ2) is 8.36. The van der Waals surface area contributed by atoms with Crippen molar-refractivity contribution in [3.8, 4) is 6.07 Å². The van der Waals surface area contributed by atoms with Crippen LogP contribution in [0.1, 0.15) is 39.5 Å². The number of carbonyl (C=O) groups excluding carboxylic acids is 2. The molecule has 0 aromatic carbocycles. The van der Waals surface area contributed by atoms with Crippen molar-refractivity contribution in [3.63, 3.8) is 0 Å². The van der Waals surface area contributed by atoms with Crippen LogP contribution < -0.4 is 5.32 Å². The number of likely N-dealkylation sites (tertiary alicyclic amines) is 1. The highest BCUT2D eigenvalue weighted by Crippen LogP contribution is 2.17. The second-order valence-corrected chi connectivity index (χ2v) is 5.25. The fraction of sp³-hybridized carbons (Fsp3) is 0.667. The van der Waals surface area contributed by atoms with Crippen LogP contribution in [-0.4, -0.2) is 36.3 Å². The Morgan fingerprint density at radius 2 is 2.05 bits per heavy atom. The maximum Gasteiger partial charge on any atom is 0.243 e. The SMILES string of the molecule is CC/C(C)=C/C(=O)NCC1CCN(C(=O)CC#N)CC1. The lowest BCUT2D eigenvalue weighted by molar-refractivity contribution is -0.131. The number of piperidine rings is 1. The Bertz CT molecular complexity index is 415. The van der Waals surface area contributed by atoms with Crippen LogP contribution in [0.3, 0.4) is 0 Å². The van der Waals surface area contributed by atoms with Crippen molar-refractivity contribution in [2.75, 3.05) is 19.6 Å². The van der Waals surface area contributed by atoms with Crippen LogP contribution in [0, 0.1) is 17.2 Å². The fourth-order valence-corrected chi connectivity index (χ4v) is 2.19. The molecule has 1 aliphatic rings. The van der Waals surface area contributed by atoms with Gasteiger partial charge >= 0.3 is 0 Å². The van der Waals surface area contributed by atoms with Crippen molar-refractivity contribution >= 4 is 11.8 Å². The molecule has 1 heterocycles. The first-order valence-corrected chi connectivity index (χ1v) is 7.16. The summed E-state index contributed by atoms with van der Waals surface area (Å²) in [6, 6.07) is 1.89. The summed E-state index contributed by atoms with van der Waals surface area (Å²) in [5.41, 5.74) is 1.07. The Morgan fingerprint density at radius 3 is 2.60 bits per heavy atom. The summed E-state index contributed by atoms with van der Waals surface area (Å²) >= 11 is 0. The quantitative estimate of drug-likeness (QED) is 0.776. The highest BCUT2D eigenvalue weighted by atomic mass is 16.2. The summed E-state index contributed by atoms with van der Waals surface area (Å²) in [5.74, 6) is 0.296. The number of nitriles is 1. The van der Waals surface area contributed by atoms with Crippen molar-refractivity contribution < 1.29 is 9.59 Å². The van der Waals surface area contributed by atoms with Crippen LogP contribution in [0.4, 0.5) is 0 Å². The molecule has 0 unspecified atom stereocenters. The van der Waals surface area contributed by atoms with Crippen LogP contribution in [0.2, 0.25) is 0 Å². The third-order valence-electron chi connectivity index (χ3n) is 3.70. The smallest absolute Gasteiger partial charge is 0.243 e. The first-order valence-electron chi connectivity index (χ1n) is 7.16. The van der Waals surface area contributed by atoms with Gasteiger partial charge in [0.1, 0.15) is 6.42 Å². The molecule has 0 bridgehead atoms. The molecule has 5 nitrogen and oxygen atoms in total. The first-order chi connectivity index (χ1) is 9.56. The Hall–Kier alpha value is -1.83. The minimum Gasteiger partial charge on any atom is -0.352 e. The van der Waals surface area contributed by atoms with E-state index in [4.69, 9.17) is 5.26 Å². The largest absolute Gasteiger partial charge is 0.352 e. The maximum absolute atomic E-state index is 11.6. The molecule has 1 saturated heterocycles. The molecule has 0 spiro atoms. The van der Waals surface area contributed by atoms with Crippen molar-refractivity contribution in [3.05, 3.63) is 11.6 Å². The van der Waals surface area contributed by atoms with Gasteiger partial charge in [-0.25, -0.2) is 0 Å². The maximum atomic E-state index is 11.6. The van der Waals surface area contributed by atoms with E-state index in [1.54, 1.807) is 11.0 Å². The summed E-state index contributed by atoms with van der Waals surface area (Å²) in [6.45, 7) is 5.99. The monoisotopic (exact) mass is 277 g/mol. The molecule has 1 rings (SSSR count). The molecule has 0 aliphatic carbocycles. The van der Waals surface area contributed by atoms with Crippen LogP contribution in [-0.2, 0) is 9.59 Å².